The van der Waals surface area contributed by atoms with Crippen LogP contribution in [0.25, 0.3) is 0 Å². The van der Waals surface area contributed by atoms with E-state index < -0.39 is 9.84 Å². The summed E-state index contributed by atoms with van der Waals surface area (Å²) in [7, 11) is -1.82. The van der Waals surface area contributed by atoms with Gasteiger partial charge in [0.25, 0.3) is 0 Å². The van der Waals surface area contributed by atoms with Crippen molar-refractivity contribution >= 4 is 9.84 Å². The molecular weight excluding hydrogens is 250 g/mol. The Morgan fingerprint density at radius 1 is 1.39 bits per heavy atom. The highest BCUT2D eigenvalue weighted by Gasteiger charge is 2.35. The number of nitrogens with one attached hydrogen (secondary N) is 1. The quantitative estimate of drug-likeness (QED) is 0.907. The lowest BCUT2D eigenvalue weighted by Crippen LogP contribution is -2.34. The summed E-state index contributed by atoms with van der Waals surface area (Å²) in [5, 5.41) is 3.39. The van der Waals surface area contributed by atoms with Crippen molar-refractivity contribution in [3.8, 4) is 5.75 Å². The van der Waals surface area contributed by atoms with Gasteiger partial charge in [0.1, 0.15) is 10.6 Å². The van der Waals surface area contributed by atoms with Gasteiger partial charge in [-0.25, -0.2) is 8.42 Å². The topological polar surface area (TPSA) is 55.4 Å². The molecule has 0 bridgehead atoms. The van der Waals surface area contributed by atoms with Gasteiger partial charge in [0.2, 0.25) is 0 Å². The summed E-state index contributed by atoms with van der Waals surface area (Å²) in [5.41, 5.74) is 0.523. The molecule has 1 aromatic rings. The maximum Gasteiger partial charge on any atom is 0.179 e. The molecule has 1 aliphatic heterocycles. The lowest BCUT2D eigenvalue weighted by molar-refractivity contribution is 0.385. The molecule has 18 heavy (non-hydrogen) atoms. The number of benzene rings is 1. The molecule has 1 N–H and O–H groups in total. The number of hydrogen-bond donors (Lipinski definition) is 1. The molecular formula is C13H19NO3S. The second-order valence-corrected chi connectivity index (χ2v) is 6.92. The summed E-state index contributed by atoms with van der Waals surface area (Å²) in [5.74, 6) is 0.421. The summed E-state index contributed by atoms with van der Waals surface area (Å²) in [6, 6.07) is 5.41. The molecule has 0 radical (unpaired) electrons. The molecule has 1 aliphatic rings. The second kappa shape index (κ2) is 4.55. The van der Waals surface area contributed by atoms with Crippen LogP contribution in [-0.2, 0) is 15.4 Å². The van der Waals surface area contributed by atoms with Crippen LogP contribution in [0.15, 0.2) is 23.1 Å². The Morgan fingerprint density at radius 2 is 2.11 bits per heavy atom. The predicted octanol–water partition coefficient (Wildman–Crippen LogP) is 1.70. The number of ether oxygens (including phenoxy) is 1. The second-order valence-electron chi connectivity index (χ2n) is 4.97. The van der Waals surface area contributed by atoms with Crippen molar-refractivity contribution in [2.75, 3.05) is 19.9 Å². The molecule has 100 valence electrons. The third-order valence-electron chi connectivity index (χ3n) is 3.53. The largest absolute Gasteiger partial charge is 0.495 e. The van der Waals surface area contributed by atoms with Gasteiger partial charge in [0, 0.05) is 11.8 Å². The van der Waals surface area contributed by atoms with Crippen LogP contribution in [0.5, 0.6) is 5.75 Å². The van der Waals surface area contributed by atoms with Gasteiger partial charge in [-0.2, -0.15) is 0 Å². The highest BCUT2D eigenvalue weighted by molar-refractivity contribution is 7.90. The molecule has 1 atom stereocenters. The Bertz CT molecular complexity index is 545. The summed E-state index contributed by atoms with van der Waals surface area (Å²) >= 11 is 0. The number of methoxy groups -OCH3 is 1. The summed E-state index contributed by atoms with van der Waals surface area (Å²) in [6.45, 7) is 2.96. The molecule has 0 spiro atoms. The normalized spacial score (nSPS) is 24.2. The molecule has 1 unspecified atom stereocenters. The molecule has 0 amide bonds. The van der Waals surface area contributed by atoms with E-state index in [0.717, 1.165) is 24.9 Å². The lowest BCUT2D eigenvalue weighted by Gasteiger charge is -2.28. The van der Waals surface area contributed by atoms with E-state index >= 15 is 0 Å². The van der Waals surface area contributed by atoms with E-state index in [1.165, 1.54) is 13.4 Å². The minimum Gasteiger partial charge on any atom is -0.495 e. The highest BCUT2D eigenvalue weighted by Crippen LogP contribution is 2.38. The van der Waals surface area contributed by atoms with Crippen molar-refractivity contribution in [1.29, 1.82) is 0 Å². The van der Waals surface area contributed by atoms with E-state index in [1.807, 2.05) is 19.1 Å². The van der Waals surface area contributed by atoms with Crippen LogP contribution in [0.3, 0.4) is 0 Å². The Kier molecular flexibility index (Phi) is 3.38. The first-order valence-corrected chi connectivity index (χ1v) is 7.90. The summed E-state index contributed by atoms with van der Waals surface area (Å²) in [6.07, 6.45) is 3.21. The number of sulfone groups is 1. The maximum absolute atomic E-state index is 12.0. The van der Waals surface area contributed by atoms with Gasteiger partial charge in [-0.15, -0.1) is 0 Å². The van der Waals surface area contributed by atoms with E-state index in [9.17, 15) is 8.42 Å². The van der Waals surface area contributed by atoms with Gasteiger partial charge in [-0.05, 0) is 37.9 Å². The Hall–Kier alpha value is -1.07. The maximum atomic E-state index is 12.0. The van der Waals surface area contributed by atoms with Crippen LogP contribution in [0.2, 0.25) is 0 Å². The SMILES string of the molecule is COc1cccc(C2(C)CCCN2)c1S(C)(=O)=O. The average molecular weight is 269 g/mol. The van der Waals surface area contributed by atoms with Crippen LogP contribution < -0.4 is 10.1 Å². The van der Waals surface area contributed by atoms with E-state index in [-0.39, 0.29) is 5.54 Å². The van der Waals surface area contributed by atoms with Crippen molar-refractivity contribution in [1.82, 2.24) is 5.32 Å². The standard InChI is InChI=1S/C13H19NO3S/c1-13(8-5-9-14-13)10-6-4-7-11(17-2)12(10)18(3,15)16/h4,6-7,14H,5,8-9H2,1-3H3. The Morgan fingerprint density at radius 3 is 2.61 bits per heavy atom. The van der Waals surface area contributed by atoms with Gasteiger partial charge in [-0.3, -0.25) is 0 Å². The first-order chi connectivity index (χ1) is 8.38. The monoisotopic (exact) mass is 269 g/mol. The van der Waals surface area contributed by atoms with Crippen LogP contribution in [0.4, 0.5) is 0 Å². The molecule has 1 heterocycles. The van der Waals surface area contributed by atoms with Gasteiger partial charge >= 0.3 is 0 Å². The Balaban J connectivity index is 2.68. The molecule has 2 rings (SSSR count). The van der Waals surface area contributed by atoms with Gasteiger partial charge in [0.15, 0.2) is 9.84 Å². The van der Waals surface area contributed by atoms with Crippen molar-refractivity contribution in [2.45, 2.75) is 30.2 Å². The molecule has 0 aliphatic carbocycles. The molecule has 0 saturated carbocycles. The third kappa shape index (κ3) is 2.24. The van der Waals surface area contributed by atoms with Crippen LogP contribution in [0, 0.1) is 0 Å². The zero-order valence-electron chi connectivity index (χ0n) is 11.0. The van der Waals surface area contributed by atoms with E-state index in [0.29, 0.717) is 10.6 Å². The Labute approximate surface area is 108 Å². The predicted molar refractivity (Wildman–Crippen MR) is 70.7 cm³/mol. The fraction of sp³-hybridized carbons (Fsp3) is 0.538. The van der Waals surface area contributed by atoms with Gasteiger partial charge in [-0.1, -0.05) is 12.1 Å². The molecule has 4 nitrogen and oxygen atoms in total. The lowest BCUT2D eigenvalue weighted by atomic mass is 9.90. The molecule has 1 fully saturated rings. The number of hydrogen-bond acceptors (Lipinski definition) is 4. The third-order valence-corrected chi connectivity index (χ3v) is 4.70. The fourth-order valence-corrected chi connectivity index (χ4v) is 3.83. The van der Waals surface area contributed by atoms with Crippen LogP contribution in [0.1, 0.15) is 25.3 Å². The minimum absolute atomic E-state index is 0.285. The first-order valence-electron chi connectivity index (χ1n) is 6.01. The highest BCUT2D eigenvalue weighted by atomic mass is 32.2. The molecule has 1 aromatic carbocycles. The minimum atomic E-state index is -3.32. The molecule has 5 heteroatoms. The number of rotatable bonds is 3. The average Bonchev–Trinajstić information content (AvgIpc) is 2.75. The zero-order valence-corrected chi connectivity index (χ0v) is 11.8. The van der Waals surface area contributed by atoms with Gasteiger partial charge in [0.05, 0.1) is 7.11 Å². The first kappa shape index (κ1) is 13.4. The smallest absolute Gasteiger partial charge is 0.179 e. The van der Waals surface area contributed by atoms with E-state index in [2.05, 4.69) is 5.32 Å². The van der Waals surface area contributed by atoms with Crippen molar-refractivity contribution in [3.05, 3.63) is 23.8 Å². The summed E-state index contributed by atoms with van der Waals surface area (Å²) < 4.78 is 29.3. The van der Waals surface area contributed by atoms with Gasteiger partial charge < -0.3 is 10.1 Å². The molecule has 0 aromatic heterocycles. The van der Waals surface area contributed by atoms with Crippen LogP contribution in [-0.4, -0.2) is 28.3 Å². The fourth-order valence-electron chi connectivity index (χ4n) is 2.62. The zero-order chi connectivity index (χ0) is 13.4. The van der Waals surface area contributed by atoms with Crippen molar-refractivity contribution < 1.29 is 13.2 Å². The summed E-state index contributed by atoms with van der Waals surface area (Å²) in [4.78, 5) is 0.310. The van der Waals surface area contributed by atoms with E-state index in [1.54, 1.807) is 6.07 Å². The van der Waals surface area contributed by atoms with Crippen LogP contribution >= 0.6 is 0 Å². The van der Waals surface area contributed by atoms with E-state index in [4.69, 9.17) is 4.74 Å². The van der Waals surface area contributed by atoms with Crippen molar-refractivity contribution in [2.24, 2.45) is 0 Å². The van der Waals surface area contributed by atoms with Crippen molar-refractivity contribution in [3.63, 3.8) is 0 Å². The molecule has 1 saturated heterocycles.